The summed E-state index contributed by atoms with van der Waals surface area (Å²) in [5.74, 6) is 0.801. The van der Waals surface area contributed by atoms with Crippen molar-refractivity contribution in [3.05, 3.63) is 35.4 Å². The van der Waals surface area contributed by atoms with Crippen LogP contribution in [-0.4, -0.2) is 24.5 Å². The first-order chi connectivity index (χ1) is 8.72. The van der Waals surface area contributed by atoms with Crippen molar-refractivity contribution < 1.29 is 0 Å². The standard InChI is InChI=1S/C16H26N2/c1-13-6-3-4-8-16(13)14(2)18-11-5-7-15(12-18)9-10-17/h3-4,6,8,14-15H,5,7,9-12,17H2,1-2H3. The van der Waals surface area contributed by atoms with Crippen LogP contribution in [-0.2, 0) is 0 Å². The van der Waals surface area contributed by atoms with Gasteiger partial charge >= 0.3 is 0 Å². The predicted octanol–water partition coefficient (Wildman–Crippen LogP) is 3.12. The molecule has 2 unspecified atom stereocenters. The van der Waals surface area contributed by atoms with E-state index in [9.17, 15) is 0 Å². The molecule has 0 spiro atoms. The molecule has 0 bridgehead atoms. The van der Waals surface area contributed by atoms with Gasteiger partial charge in [-0.15, -0.1) is 0 Å². The SMILES string of the molecule is Cc1ccccc1C(C)N1CCCC(CCN)C1. The van der Waals surface area contributed by atoms with Crippen LogP contribution in [0.4, 0.5) is 0 Å². The first-order valence-electron chi connectivity index (χ1n) is 7.22. The summed E-state index contributed by atoms with van der Waals surface area (Å²) in [6.45, 7) is 7.83. The Morgan fingerprint density at radius 3 is 2.89 bits per heavy atom. The van der Waals surface area contributed by atoms with E-state index in [2.05, 4.69) is 43.0 Å². The molecule has 1 saturated heterocycles. The Hall–Kier alpha value is -0.860. The maximum atomic E-state index is 5.70. The Balaban J connectivity index is 2.04. The molecule has 1 aromatic carbocycles. The lowest BCUT2D eigenvalue weighted by Gasteiger charge is -2.37. The van der Waals surface area contributed by atoms with Crippen molar-refractivity contribution in [2.75, 3.05) is 19.6 Å². The molecular formula is C16H26N2. The topological polar surface area (TPSA) is 29.3 Å². The van der Waals surface area contributed by atoms with Crippen LogP contribution in [0.5, 0.6) is 0 Å². The fraction of sp³-hybridized carbons (Fsp3) is 0.625. The molecule has 2 heteroatoms. The fourth-order valence-electron chi connectivity index (χ4n) is 3.17. The maximum absolute atomic E-state index is 5.70. The number of hydrogen-bond acceptors (Lipinski definition) is 2. The summed E-state index contributed by atoms with van der Waals surface area (Å²) in [6.07, 6.45) is 3.85. The highest BCUT2D eigenvalue weighted by Crippen LogP contribution is 2.29. The van der Waals surface area contributed by atoms with Crippen molar-refractivity contribution in [1.82, 2.24) is 4.90 Å². The number of benzene rings is 1. The quantitative estimate of drug-likeness (QED) is 0.884. The molecular weight excluding hydrogens is 220 g/mol. The number of aryl methyl sites for hydroxylation is 1. The van der Waals surface area contributed by atoms with Crippen LogP contribution in [0.25, 0.3) is 0 Å². The third-order valence-electron chi connectivity index (χ3n) is 4.31. The van der Waals surface area contributed by atoms with Gasteiger partial charge in [0.25, 0.3) is 0 Å². The number of rotatable bonds is 4. The summed E-state index contributed by atoms with van der Waals surface area (Å²) in [7, 11) is 0. The molecule has 1 aliphatic rings. The van der Waals surface area contributed by atoms with Gasteiger partial charge in [-0.1, -0.05) is 24.3 Å². The highest BCUT2D eigenvalue weighted by molar-refractivity contribution is 5.28. The zero-order valence-electron chi connectivity index (χ0n) is 11.7. The number of hydrogen-bond donors (Lipinski definition) is 1. The predicted molar refractivity (Wildman–Crippen MR) is 77.6 cm³/mol. The molecule has 0 saturated carbocycles. The molecule has 0 aliphatic carbocycles. The monoisotopic (exact) mass is 246 g/mol. The Kier molecular flexibility index (Phi) is 4.79. The van der Waals surface area contributed by atoms with Crippen molar-refractivity contribution in [3.8, 4) is 0 Å². The molecule has 2 N–H and O–H groups in total. The second-order valence-corrected chi connectivity index (χ2v) is 5.61. The van der Waals surface area contributed by atoms with E-state index in [-0.39, 0.29) is 0 Å². The second kappa shape index (κ2) is 6.35. The minimum atomic E-state index is 0.534. The van der Waals surface area contributed by atoms with Crippen LogP contribution in [0.2, 0.25) is 0 Å². The highest BCUT2D eigenvalue weighted by atomic mass is 15.2. The third kappa shape index (κ3) is 3.12. The average Bonchev–Trinajstić information content (AvgIpc) is 2.39. The van der Waals surface area contributed by atoms with Gasteiger partial charge in [-0.3, -0.25) is 4.90 Å². The summed E-state index contributed by atoms with van der Waals surface area (Å²) in [5, 5.41) is 0. The van der Waals surface area contributed by atoms with Crippen molar-refractivity contribution >= 4 is 0 Å². The van der Waals surface area contributed by atoms with Crippen LogP contribution in [0.3, 0.4) is 0 Å². The molecule has 1 aromatic rings. The normalized spacial score (nSPS) is 22.9. The summed E-state index contributed by atoms with van der Waals surface area (Å²) in [5.41, 5.74) is 8.58. The molecule has 2 atom stereocenters. The molecule has 0 amide bonds. The van der Waals surface area contributed by atoms with E-state index in [0.717, 1.165) is 12.5 Å². The van der Waals surface area contributed by atoms with E-state index in [1.807, 2.05) is 0 Å². The van der Waals surface area contributed by atoms with E-state index < -0.39 is 0 Å². The van der Waals surface area contributed by atoms with Gasteiger partial charge in [0.1, 0.15) is 0 Å². The summed E-state index contributed by atoms with van der Waals surface area (Å²) >= 11 is 0. The number of nitrogens with zero attached hydrogens (tertiary/aromatic N) is 1. The molecule has 0 radical (unpaired) electrons. The first-order valence-corrected chi connectivity index (χ1v) is 7.22. The van der Waals surface area contributed by atoms with Gasteiger partial charge in [0.15, 0.2) is 0 Å². The minimum Gasteiger partial charge on any atom is -0.330 e. The fourth-order valence-corrected chi connectivity index (χ4v) is 3.17. The van der Waals surface area contributed by atoms with Crippen LogP contribution in [0.1, 0.15) is 43.4 Å². The van der Waals surface area contributed by atoms with Gasteiger partial charge in [-0.05, 0) is 63.2 Å². The number of piperidine rings is 1. The van der Waals surface area contributed by atoms with Crippen molar-refractivity contribution in [2.24, 2.45) is 11.7 Å². The minimum absolute atomic E-state index is 0.534. The van der Waals surface area contributed by atoms with E-state index >= 15 is 0 Å². The van der Waals surface area contributed by atoms with Gasteiger partial charge in [-0.2, -0.15) is 0 Å². The zero-order valence-corrected chi connectivity index (χ0v) is 11.7. The van der Waals surface area contributed by atoms with Crippen molar-refractivity contribution in [2.45, 2.75) is 39.2 Å². The van der Waals surface area contributed by atoms with E-state index in [1.54, 1.807) is 0 Å². The Morgan fingerprint density at radius 1 is 1.39 bits per heavy atom. The Bertz CT molecular complexity index is 373. The molecule has 1 heterocycles. The second-order valence-electron chi connectivity index (χ2n) is 5.61. The molecule has 100 valence electrons. The summed E-state index contributed by atoms with van der Waals surface area (Å²) < 4.78 is 0. The van der Waals surface area contributed by atoms with Crippen LogP contribution in [0.15, 0.2) is 24.3 Å². The maximum Gasteiger partial charge on any atom is 0.0322 e. The Morgan fingerprint density at radius 2 is 2.17 bits per heavy atom. The Labute approximate surface area is 111 Å². The van der Waals surface area contributed by atoms with Crippen molar-refractivity contribution in [1.29, 1.82) is 0 Å². The van der Waals surface area contributed by atoms with Gasteiger partial charge in [0.2, 0.25) is 0 Å². The molecule has 2 rings (SSSR count). The number of likely N-dealkylation sites (tertiary alicyclic amines) is 1. The molecule has 2 nitrogen and oxygen atoms in total. The van der Waals surface area contributed by atoms with Crippen LogP contribution in [0, 0.1) is 12.8 Å². The summed E-state index contributed by atoms with van der Waals surface area (Å²) in [6, 6.07) is 9.30. The van der Waals surface area contributed by atoms with Crippen molar-refractivity contribution in [3.63, 3.8) is 0 Å². The first kappa shape index (κ1) is 13.6. The van der Waals surface area contributed by atoms with Gasteiger partial charge in [0.05, 0.1) is 0 Å². The lowest BCUT2D eigenvalue weighted by molar-refractivity contribution is 0.128. The highest BCUT2D eigenvalue weighted by Gasteiger charge is 2.24. The lowest BCUT2D eigenvalue weighted by atomic mass is 9.92. The van der Waals surface area contributed by atoms with Crippen LogP contribution >= 0.6 is 0 Å². The van der Waals surface area contributed by atoms with E-state index in [1.165, 1.54) is 43.5 Å². The zero-order chi connectivity index (χ0) is 13.0. The van der Waals surface area contributed by atoms with Gasteiger partial charge in [-0.25, -0.2) is 0 Å². The van der Waals surface area contributed by atoms with E-state index in [0.29, 0.717) is 6.04 Å². The molecule has 1 aliphatic heterocycles. The van der Waals surface area contributed by atoms with E-state index in [4.69, 9.17) is 5.73 Å². The smallest absolute Gasteiger partial charge is 0.0322 e. The lowest BCUT2D eigenvalue weighted by Crippen LogP contribution is -2.38. The molecule has 1 fully saturated rings. The third-order valence-corrected chi connectivity index (χ3v) is 4.31. The van der Waals surface area contributed by atoms with Crippen LogP contribution < -0.4 is 5.73 Å². The molecule has 0 aromatic heterocycles. The molecule has 18 heavy (non-hydrogen) atoms. The number of nitrogens with two attached hydrogens (primary N) is 1. The van der Waals surface area contributed by atoms with Gasteiger partial charge < -0.3 is 5.73 Å². The average molecular weight is 246 g/mol. The largest absolute Gasteiger partial charge is 0.330 e. The summed E-state index contributed by atoms with van der Waals surface area (Å²) in [4.78, 5) is 2.63. The van der Waals surface area contributed by atoms with Gasteiger partial charge in [0, 0.05) is 12.6 Å².